The van der Waals surface area contributed by atoms with E-state index in [0.717, 1.165) is 11.5 Å². The maximum atomic E-state index is 10.7. The fourth-order valence-electron chi connectivity index (χ4n) is 1.25. The molecule has 0 saturated heterocycles. The fraction of sp³-hybridized carbons (Fsp3) is 0.636. The van der Waals surface area contributed by atoms with Gasteiger partial charge in [-0.3, -0.25) is 4.79 Å². The van der Waals surface area contributed by atoms with Crippen molar-refractivity contribution >= 4 is 5.97 Å². The predicted octanol–water partition coefficient (Wildman–Crippen LogP) is 1.49. The largest absolute Gasteiger partial charge is 0.481 e. The van der Waals surface area contributed by atoms with Crippen molar-refractivity contribution in [2.75, 3.05) is 0 Å². The van der Waals surface area contributed by atoms with E-state index in [1.54, 1.807) is 6.92 Å². The first-order valence-electron chi connectivity index (χ1n) is 5.31. The van der Waals surface area contributed by atoms with Crippen LogP contribution in [0.15, 0.2) is 4.42 Å². The molecule has 2 N–H and O–H groups in total. The highest BCUT2D eigenvalue weighted by Crippen LogP contribution is 2.09. The monoisotopic (exact) mass is 226 g/mol. The van der Waals surface area contributed by atoms with E-state index < -0.39 is 11.9 Å². The topological polar surface area (TPSA) is 75.4 Å². The molecule has 0 bridgehead atoms. The minimum absolute atomic E-state index is 0.120. The van der Waals surface area contributed by atoms with Crippen molar-refractivity contribution in [2.45, 2.75) is 40.3 Å². The number of nitrogens with zero attached hydrogens (tertiary/aromatic N) is 1. The van der Waals surface area contributed by atoms with Gasteiger partial charge in [0.25, 0.3) is 0 Å². The summed E-state index contributed by atoms with van der Waals surface area (Å²) in [7, 11) is 0. The predicted molar refractivity (Wildman–Crippen MR) is 59.1 cm³/mol. The Hall–Kier alpha value is -1.36. The van der Waals surface area contributed by atoms with Gasteiger partial charge in [0.15, 0.2) is 0 Å². The Bertz CT molecular complexity index is 354. The van der Waals surface area contributed by atoms with Gasteiger partial charge in [-0.15, -0.1) is 0 Å². The Kier molecular flexibility index (Phi) is 4.06. The van der Waals surface area contributed by atoms with E-state index in [0.29, 0.717) is 12.4 Å². The number of aromatic nitrogens is 1. The molecule has 1 aromatic heterocycles. The SMILES string of the molecule is Cc1nc(CNC(C)C(C)C(=O)O)oc1C. The normalized spacial score (nSPS) is 14.8. The maximum Gasteiger partial charge on any atom is 0.307 e. The number of carboxylic acid groups (broad SMARTS) is 1. The molecule has 0 amide bonds. The number of nitrogens with one attached hydrogen (secondary N) is 1. The molecule has 0 radical (unpaired) electrons. The first-order valence-corrected chi connectivity index (χ1v) is 5.31. The molecule has 0 aromatic carbocycles. The van der Waals surface area contributed by atoms with Crippen LogP contribution in [0.1, 0.15) is 31.2 Å². The highest BCUT2D eigenvalue weighted by molar-refractivity contribution is 5.70. The Morgan fingerprint density at radius 1 is 1.50 bits per heavy atom. The molecule has 5 nitrogen and oxygen atoms in total. The molecular weight excluding hydrogens is 208 g/mol. The van der Waals surface area contributed by atoms with Crippen LogP contribution in [-0.4, -0.2) is 22.1 Å². The summed E-state index contributed by atoms with van der Waals surface area (Å²) in [6, 6.07) is -0.120. The number of rotatable bonds is 5. The van der Waals surface area contributed by atoms with Crippen LogP contribution >= 0.6 is 0 Å². The first-order chi connectivity index (χ1) is 7.41. The van der Waals surface area contributed by atoms with Crippen LogP contribution in [0, 0.1) is 19.8 Å². The molecule has 2 unspecified atom stereocenters. The van der Waals surface area contributed by atoms with Crippen molar-refractivity contribution in [1.82, 2.24) is 10.3 Å². The van der Waals surface area contributed by atoms with Crippen molar-refractivity contribution in [2.24, 2.45) is 5.92 Å². The molecule has 0 fully saturated rings. The van der Waals surface area contributed by atoms with Gasteiger partial charge >= 0.3 is 5.97 Å². The van der Waals surface area contributed by atoms with Crippen molar-refractivity contribution < 1.29 is 14.3 Å². The van der Waals surface area contributed by atoms with E-state index in [1.165, 1.54) is 0 Å². The van der Waals surface area contributed by atoms with E-state index in [4.69, 9.17) is 9.52 Å². The third-order valence-corrected chi connectivity index (χ3v) is 2.79. The molecule has 0 spiro atoms. The molecule has 1 heterocycles. The van der Waals surface area contributed by atoms with Crippen LogP contribution in [0.25, 0.3) is 0 Å². The van der Waals surface area contributed by atoms with Gasteiger partial charge in [0, 0.05) is 6.04 Å². The van der Waals surface area contributed by atoms with Crippen molar-refractivity contribution in [3.63, 3.8) is 0 Å². The van der Waals surface area contributed by atoms with Gasteiger partial charge < -0.3 is 14.8 Å². The van der Waals surface area contributed by atoms with Gasteiger partial charge in [-0.05, 0) is 20.8 Å². The zero-order valence-electron chi connectivity index (χ0n) is 10.1. The van der Waals surface area contributed by atoms with Gasteiger partial charge in [0.05, 0.1) is 18.2 Å². The zero-order valence-corrected chi connectivity index (χ0v) is 10.1. The van der Waals surface area contributed by atoms with Crippen LogP contribution < -0.4 is 5.32 Å². The average molecular weight is 226 g/mol. The van der Waals surface area contributed by atoms with E-state index in [2.05, 4.69) is 10.3 Å². The summed E-state index contributed by atoms with van der Waals surface area (Å²) >= 11 is 0. The molecule has 1 aromatic rings. The minimum Gasteiger partial charge on any atom is -0.481 e. The number of hydrogen-bond donors (Lipinski definition) is 2. The number of carboxylic acids is 1. The third-order valence-electron chi connectivity index (χ3n) is 2.79. The Morgan fingerprint density at radius 3 is 2.56 bits per heavy atom. The van der Waals surface area contributed by atoms with Gasteiger partial charge in [-0.25, -0.2) is 4.98 Å². The molecule has 90 valence electrons. The average Bonchev–Trinajstić information content (AvgIpc) is 2.53. The van der Waals surface area contributed by atoms with Crippen molar-refractivity contribution in [3.05, 3.63) is 17.3 Å². The summed E-state index contributed by atoms with van der Waals surface area (Å²) in [4.78, 5) is 14.9. The Morgan fingerprint density at radius 2 is 2.12 bits per heavy atom. The molecular formula is C11H18N2O3. The molecule has 1 rings (SSSR count). The van der Waals surface area contributed by atoms with Gasteiger partial charge in [0.2, 0.25) is 5.89 Å². The maximum absolute atomic E-state index is 10.7. The highest BCUT2D eigenvalue weighted by atomic mass is 16.4. The summed E-state index contributed by atoms with van der Waals surface area (Å²) in [5.41, 5.74) is 0.871. The lowest BCUT2D eigenvalue weighted by molar-refractivity contribution is -0.141. The second-order valence-corrected chi connectivity index (χ2v) is 4.05. The summed E-state index contributed by atoms with van der Waals surface area (Å²) in [5, 5.41) is 11.9. The lowest BCUT2D eigenvalue weighted by Crippen LogP contribution is -2.35. The second-order valence-electron chi connectivity index (χ2n) is 4.05. The third kappa shape index (κ3) is 3.06. The minimum atomic E-state index is -0.806. The molecule has 16 heavy (non-hydrogen) atoms. The second kappa shape index (κ2) is 5.12. The Balaban J connectivity index is 2.48. The zero-order chi connectivity index (χ0) is 12.3. The van der Waals surface area contributed by atoms with Crippen LogP contribution in [0.4, 0.5) is 0 Å². The summed E-state index contributed by atoms with van der Waals surface area (Å²) in [5.74, 6) is 0.159. The van der Waals surface area contributed by atoms with E-state index in [9.17, 15) is 4.79 Å². The molecule has 0 saturated carbocycles. The van der Waals surface area contributed by atoms with Gasteiger partial charge in [-0.2, -0.15) is 0 Å². The molecule has 0 aliphatic heterocycles. The first kappa shape index (κ1) is 12.7. The smallest absolute Gasteiger partial charge is 0.307 e. The Labute approximate surface area is 94.9 Å². The van der Waals surface area contributed by atoms with Gasteiger partial charge in [-0.1, -0.05) is 6.92 Å². The molecule has 0 aliphatic rings. The number of aliphatic carboxylic acids is 1. The molecule has 2 atom stereocenters. The van der Waals surface area contributed by atoms with Crippen LogP contribution in [0.5, 0.6) is 0 Å². The lowest BCUT2D eigenvalue weighted by Gasteiger charge is -2.16. The van der Waals surface area contributed by atoms with Crippen LogP contribution in [0.3, 0.4) is 0 Å². The molecule has 0 aliphatic carbocycles. The van der Waals surface area contributed by atoms with Crippen molar-refractivity contribution in [3.8, 4) is 0 Å². The van der Waals surface area contributed by atoms with Gasteiger partial charge in [0.1, 0.15) is 5.76 Å². The quantitative estimate of drug-likeness (QED) is 0.795. The number of hydrogen-bond acceptors (Lipinski definition) is 4. The van der Waals surface area contributed by atoms with Crippen molar-refractivity contribution in [1.29, 1.82) is 0 Å². The summed E-state index contributed by atoms with van der Waals surface area (Å²) in [6.07, 6.45) is 0. The summed E-state index contributed by atoms with van der Waals surface area (Å²) < 4.78 is 5.38. The van der Waals surface area contributed by atoms with Crippen LogP contribution in [0.2, 0.25) is 0 Å². The van der Waals surface area contributed by atoms with E-state index in [1.807, 2.05) is 20.8 Å². The van der Waals surface area contributed by atoms with E-state index >= 15 is 0 Å². The summed E-state index contributed by atoms with van der Waals surface area (Å²) in [6.45, 7) is 7.70. The number of oxazole rings is 1. The lowest BCUT2D eigenvalue weighted by atomic mass is 10.0. The number of carbonyl (C=O) groups is 1. The standard InChI is InChI=1S/C11H18N2O3/c1-6(11(14)15)7(2)12-5-10-13-8(3)9(4)16-10/h6-7,12H,5H2,1-4H3,(H,14,15). The van der Waals surface area contributed by atoms with Crippen LogP contribution in [-0.2, 0) is 11.3 Å². The molecule has 5 heteroatoms. The number of aryl methyl sites for hydroxylation is 2. The van der Waals surface area contributed by atoms with E-state index in [-0.39, 0.29) is 6.04 Å². The fourth-order valence-corrected chi connectivity index (χ4v) is 1.25. The highest BCUT2D eigenvalue weighted by Gasteiger charge is 2.19.